The van der Waals surface area contributed by atoms with E-state index in [0.717, 1.165) is 17.1 Å². The fraction of sp³-hybridized carbons (Fsp3) is 0.0690. The summed E-state index contributed by atoms with van der Waals surface area (Å²) in [6, 6.07) is 82.8. The SMILES string of the molecule is CC1(C)c2cc(N(c3ccc(-c4ccccc4)cc3)c3ccc(C4(c5ccccc5)c5ccccc5-c5ccccc54)cc3)ccc2-c2c(-c3ccccc3)cccc21. The molecule has 9 aromatic rings. The molecular weight excluding hydrogens is 711 g/mol. The number of anilines is 3. The summed E-state index contributed by atoms with van der Waals surface area (Å²) in [4.78, 5) is 2.43. The van der Waals surface area contributed by atoms with Gasteiger partial charge in [-0.2, -0.15) is 0 Å². The third-order valence-electron chi connectivity index (χ3n) is 13.0. The molecule has 0 amide bonds. The Morgan fingerprint density at radius 2 is 0.763 bits per heavy atom. The maximum atomic E-state index is 2.44. The lowest BCUT2D eigenvalue weighted by Crippen LogP contribution is -2.28. The number of hydrogen-bond donors (Lipinski definition) is 0. The highest BCUT2D eigenvalue weighted by Gasteiger charge is 2.46. The first-order valence-electron chi connectivity index (χ1n) is 20.7. The average molecular weight is 754 g/mol. The van der Waals surface area contributed by atoms with Gasteiger partial charge in [-0.15, -0.1) is 0 Å². The lowest BCUT2D eigenvalue weighted by molar-refractivity contribution is 0.660. The van der Waals surface area contributed by atoms with E-state index in [-0.39, 0.29) is 5.41 Å². The molecule has 280 valence electrons. The van der Waals surface area contributed by atoms with Crippen LogP contribution >= 0.6 is 0 Å². The van der Waals surface area contributed by atoms with Gasteiger partial charge in [0.1, 0.15) is 0 Å². The van der Waals surface area contributed by atoms with Crippen LogP contribution in [0.2, 0.25) is 0 Å². The molecule has 9 aromatic carbocycles. The van der Waals surface area contributed by atoms with Crippen LogP contribution in [0.1, 0.15) is 47.2 Å². The van der Waals surface area contributed by atoms with Gasteiger partial charge in [0.15, 0.2) is 0 Å². The molecule has 0 fully saturated rings. The molecule has 1 nitrogen and oxygen atoms in total. The average Bonchev–Trinajstić information content (AvgIpc) is 3.73. The minimum atomic E-state index is -0.449. The van der Waals surface area contributed by atoms with Crippen molar-refractivity contribution < 1.29 is 0 Å². The number of fused-ring (bicyclic) bond motifs is 6. The number of rotatable bonds is 7. The minimum Gasteiger partial charge on any atom is -0.310 e. The third-order valence-corrected chi connectivity index (χ3v) is 13.0. The lowest BCUT2D eigenvalue weighted by atomic mass is 9.68. The van der Waals surface area contributed by atoms with Gasteiger partial charge in [-0.3, -0.25) is 0 Å². The van der Waals surface area contributed by atoms with Gasteiger partial charge in [0.25, 0.3) is 0 Å². The zero-order valence-corrected chi connectivity index (χ0v) is 33.3. The van der Waals surface area contributed by atoms with Gasteiger partial charge < -0.3 is 4.90 Å². The van der Waals surface area contributed by atoms with E-state index in [1.165, 1.54) is 77.9 Å². The summed E-state index contributed by atoms with van der Waals surface area (Å²) in [5, 5.41) is 0. The predicted molar refractivity (Wildman–Crippen MR) is 247 cm³/mol. The molecule has 0 atom stereocenters. The maximum Gasteiger partial charge on any atom is 0.0713 e. The number of hydrogen-bond acceptors (Lipinski definition) is 1. The van der Waals surface area contributed by atoms with Crippen molar-refractivity contribution in [2.24, 2.45) is 0 Å². The van der Waals surface area contributed by atoms with Crippen LogP contribution in [0.3, 0.4) is 0 Å². The zero-order valence-electron chi connectivity index (χ0n) is 33.3. The quantitative estimate of drug-likeness (QED) is 0.157. The van der Waals surface area contributed by atoms with Crippen LogP contribution in [0.5, 0.6) is 0 Å². The summed E-state index contributed by atoms with van der Waals surface area (Å²) in [5.74, 6) is 0. The van der Waals surface area contributed by atoms with E-state index < -0.39 is 5.41 Å². The summed E-state index contributed by atoms with van der Waals surface area (Å²) < 4.78 is 0. The van der Waals surface area contributed by atoms with Crippen molar-refractivity contribution in [3.8, 4) is 44.5 Å². The number of nitrogens with zero attached hydrogens (tertiary/aromatic N) is 1. The largest absolute Gasteiger partial charge is 0.310 e. The molecule has 11 rings (SSSR count). The zero-order chi connectivity index (χ0) is 39.6. The molecule has 1 heteroatoms. The smallest absolute Gasteiger partial charge is 0.0713 e. The van der Waals surface area contributed by atoms with Crippen LogP contribution in [-0.2, 0) is 10.8 Å². The molecule has 0 aliphatic heterocycles. The maximum absolute atomic E-state index is 2.44. The van der Waals surface area contributed by atoms with Crippen LogP contribution in [0.15, 0.2) is 224 Å². The Balaban J connectivity index is 1.08. The highest BCUT2D eigenvalue weighted by Crippen LogP contribution is 2.57. The van der Waals surface area contributed by atoms with Crippen molar-refractivity contribution >= 4 is 17.1 Å². The van der Waals surface area contributed by atoms with Gasteiger partial charge in [-0.1, -0.05) is 202 Å². The molecule has 0 spiro atoms. The predicted octanol–water partition coefficient (Wildman–Crippen LogP) is 15.2. The lowest BCUT2D eigenvalue weighted by Gasteiger charge is -2.34. The van der Waals surface area contributed by atoms with E-state index in [9.17, 15) is 0 Å². The van der Waals surface area contributed by atoms with Crippen molar-refractivity contribution in [1.29, 1.82) is 0 Å². The summed E-state index contributed by atoms with van der Waals surface area (Å²) in [7, 11) is 0. The van der Waals surface area contributed by atoms with E-state index >= 15 is 0 Å². The minimum absolute atomic E-state index is 0.177. The van der Waals surface area contributed by atoms with E-state index in [4.69, 9.17) is 0 Å². The second-order valence-electron chi connectivity index (χ2n) is 16.5. The fourth-order valence-electron chi connectivity index (χ4n) is 10.2. The van der Waals surface area contributed by atoms with Crippen LogP contribution in [0.25, 0.3) is 44.5 Å². The van der Waals surface area contributed by atoms with Crippen LogP contribution < -0.4 is 4.90 Å². The van der Waals surface area contributed by atoms with Crippen molar-refractivity contribution in [3.63, 3.8) is 0 Å². The Hall–Kier alpha value is -7.22. The topological polar surface area (TPSA) is 3.24 Å². The Labute approximate surface area is 347 Å². The Bertz CT molecular complexity index is 2930. The van der Waals surface area contributed by atoms with Crippen LogP contribution in [-0.4, -0.2) is 0 Å². The van der Waals surface area contributed by atoms with Gasteiger partial charge in [-0.25, -0.2) is 0 Å². The molecular formula is C58H43N. The van der Waals surface area contributed by atoms with E-state index in [1.54, 1.807) is 0 Å². The molecule has 0 bridgehead atoms. The van der Waals surface area contributed by atoms with Crippen molar-refractivity contribution in [2.45, 2.75) is 24.7 Å². The van der Waals surface area contributed by atoms with Gasteiger partial charge in [0, 0.05) is 22.5 Å². The summed E-state index contributed by atoms with van der Waals surface area (Å²) in [6.07, 6.45) is 0. The molecule has 0 heterocycles. The van der Waals surface area contributed by atoms with E-state index in [2.05, 4.69) is 243 Å². The molecule has 0 saturated carbocycles. The highest BCUT2D eigenvalue weighted by molar-refractivity contribution is 5.94. The highest BCUT2D eigenvalue weighted by atomic mass is 15.1. The van der Waals surface area contributed by atoms with Crippen LogP contribution in [0, 0.1) is 0 Å². The Kier molecular flexibility index (Phi) is 8.13. The summed E-state index contributed by atoms with van der Waals surface area (Å²) in [5.41, 5.74) is 20.8. The third kappa shape index (κ3) is 5.39. The first-order chi connectivity index (χ1) is 29.0. The van der Waals surface area contributed by atoms with Gasteiger partial charge in [0.2, 0.25) is 0 Å². The molecule has 0 N–H and O–H groups in total. The molecule has 2 aliphatic rings. The van der Waals surface area contributed by atoms with E-state index in [0.29, 0.717) is 0 Å². The fourth-order valence-corrected chi connectivity index (χ4v) is 10.2. The normalized spacial score (nSPS) is 13.9. The van der Waals surface area contributed by atoms with Gasteiger partial charge in [-0.05, 0) is 114 Å². The van der Waals surface area contributed by atoms with Crippen molar-refractivity contribution in [2.75, 3.05) is 4.90 Å². The second kappa shape index (κ2) is 13.7. The summed E-state index contributed by atoms with van der Waals surface area (Å²) >= 11 is 0. The van der Waals surface area contributed by atoms with Crippen molar-refractivity contribution in [1.82, 2.24) is 0 Å². The Morgan fingerprint density at radius 1 is 0.305 bits per heavy atom. The van der Waals surface area contributed by atoms with Crippen LogP contribution in [0.4, 0.5) is 17.1 Å². The molecule has 0 radical (unpaired) electrons. The molecule has 0 unspecified atom stereocenters. The van der Waals surface area contributed by atoms with Gasteiger partial charge in [0.05, 0.1) is 5.41 Å². The first kappa shape index (κ1) is 35.0. The molecule has 2 aliphatic carbocycles. The number of benzene rings is 9. The summed E-state index contributed by atoms with van der Waals surface area (Å²) in [6.45, 7) is 4.76. The van der Waals surface area contributed by atoms with Crippen molar-refractivity contribution in [3.05, 3.63) is 258 Å². The Morgan fingerprint density at radius 3 is 1.39 bits per heavy atom. The first-order valence-corrected chi connectivity index (χ1v) is 20.7. The molecule has 59 heavy (non-hydrogen) atoms. The second-order valence-corrected chi connectivity index (χ2v) is 16.5. The molecule has 0 saturated heterocycles. The standard InChI is InChI=1S/C58H43N/c1-57(2)54-28-16-25-48(42-19-8-4-9-20-42)56(54)51-38-37-47(39-55(51)57)59(45-33-29-41(30-34-45)40-17-6-3-7-18-40)46-35-31-44(32-36-46)58(43-21-10-5-11-22-43)52-26-14-12-23-49(52)50-24-13-15-27-53(50)58/h3-39H,1-2H3. The molecule has 0 aromatic heterocycles. The van der Waals surface area contributed by atoms with E-state index in [1.807, 2.05) is 0 Å². The monoisotopic (exact) mass is 753 g/mol. The van der Waals surface area contributed by atoms with Gasteiger partial charge >= 0.3 is 0 Å².